The van der Waals surface area contributed by atoms with Crippen molar-refractivity contribution in [3.8, 4) is 0 Å². The van der Waals surface area contributed by atoms with Crippen molar-refractivity contribution >= 4 is 11.6 Å². The predicted molar refractivity (Wildman–Crippen MR) is 85.4 cm³/mol. The van der Waals surface area contributed by atoms with E-state index in [1.165, 1.54) is 24.1 Å². The molecule has 0 saturated carbocycles. The Bertz CT molecular complexity index is 481. The van der Waals surface area contributed by atoms with Crippen molar-refractivity contribution in [3.05, 3.63) is 29.8 Å². The molecule has 21 heavy (non-hydrogen) atoms. The van der Waals surface area contributed by atoms with Gasteiger partial charge in [0.05, 0.1) is 6.54 Å². The maximum absolute atomic E-state index is 12.6. The van der Waals surface area contributed by atoms with Gasteiger partial charge >= 0.3 is 0 Å². The van der Waals surface area contributed by atoms with E-state index >= 15 is 0 Å². The first kappa shape index (κ1) is 14.4. The summed E-state index contributed by atoms with van der Waals surface area (Å²) in [6.07, 6.45) is 4.84. The number of para-hydroxylation sites is 1. The van der Waals surface area contributed by atoms with Gasteiger partial charge in [0.15, 0.2) is 0 Å². The van der Waals surface area contributed by atoms with Gasteiger partial charge in [-0.3, -0.25) is 4.79 Å². The minimum Gasteiger partial charge on any atom is -0.361 e. The first-order valence-electron chi connectivity index (χ1n) is 8.16. The lowest BCUT2D eigenvalue weighted by atomic mass is 10.1. The Morgan fingerprint density at radius 1 is 1.05 bits per heavy atom. The molecule has 1 aromatic carbocycles. The molecule has 114 valence electrons. The average Bonchev–Trinajstić information content (AvgIpc) is 2.89. The minimum atomic E-state index is 0.286. The summed E-state index contributed by atoms with van der Waals surface area (Å²) in [4.78, 5) is 16.9. The Hall–Kier alpha value is -1.55. The van der Waals surface area contributed by atoms with Crippen molar-refractivity contribution in [2.24, 2.45) is 0 Å². The highest BCUT2D eigenvalue weighted by atomic mass is 16.2. The van der Waals surface area contributed by atoms with E-state index in [1.54, 1.807) is 0 Å². The summed E-state index contributed by atoms with van der Waals surface area (Å²) in [6, 6.07) is 8.42. The monoisotopic (exact) mass is 287 g/mol. The first-order valence-corrected chi connectivity index (χ1v) is 8.16. The quantitative estimate of drug-likeness (QED) is 0.903. The molecule has 4 nitrogen and oxygen atoms in total. The van der Waals surface area contributed by atoms with Crippen LogP contribution in [0.5, 0.6) is 0 Å². The zero-order chi connectivity index (χ0) is 14.5. The number of amides is 1. The number of hydrogen-bond acceptors (Lipinski definition) is 3. The van der Waals surface area contributed by atoms with Crippen LogP contribution in [0.25, 0.3) is 0 Å². The molecule has 1 aromatic rings. The molecule has 0 spiro atoms. The van der Waals surface area contributed by atoms with Crippen molar-refractivity contribution < 1.29 is 4.79 Å². The molecule has 2 heterocycles. The second-order valence-corrected chi connectivity index (χ2v) is 6.02. The van der Waals surface area contributed by atoms with Crippen LogP contribution in [-0.4, -0.2) is 43.5 Å². The van der Waals surface area contributed by atoms with Crippen molar-refractivity contribution in [1.82, 2.24) is 10.2 Å². The van der Waals surface area contributed by atoms with Gasteiger partial charge in [0, 0.05) is 38.4 Å². The van der Waals surface area contributed by atoms with E-state index in [-0.39, 0.29) is 5.91 Å². The highest BCUT2D eigenvalue weighted by molar-refractivity contribution is 5.82. The molecular weight excluding hydrogens is 262 g/mol. The Morgan fingerprint density at radius 3 is 2.62 bits per heavy atom. The van der Waals surface area contributed by atoms with E-state index in [0.29, 0.717) is 6.54 Å². The maximum atomic E-state index is 12.6. The highest BCUT2D eigenvalue weighted by Crippen LogP contribution is 2.22. The van der Waals surface area contributed by atoms with E-state index in [1.807, 2.05) is 0 Å². The van der Waals surface area contributed by atoms with Crippen LogP contribution in [0, 0.1) is 0 Å². The van der Waals surface area contributed by atoms with Crippen LogP contribution in [0.2, 0.25) is 0 Å². The number of fused-ring (bicyclic) bond motifs is 1. The number of rotatable bonds is 2. The van der Waals surface area contributed by atoms with Crippen molar-refractivity contribution in [2.45, 2.75) is 32.2 Å². The summed E-state index contributed by atoms with van der Waals surface area (Å²) in [7, 11) is 0. The molecule has 1 N–H and O–H groups in total. The van der Waals surface area contributed by atoms with Gasteiger partial charge in [-0.1, -0.05) is 31.0 Å². The molecule has 0 bridgehead atoms. The predicted octanol–water partition coefficient (Wildman–Crippen LogP) is 2.00. The number of nitrogens with zero attached hydrogens (tertiary/aromatic N) is 2. The van der Waals surface area contributed by atoms with E-state index in [0.717, 1.165) is 45.6 Å². The standard InChI is InChI=1S/C17H25N3O/c21-17(19-10-5-1-2-6-11-19)14-20-12-9-18-13-15-7-3-4-8-16(15)20/h3-4,7-8,18H,1-2,5-6,9-14H2. The zero-order valence-electron chi connectivity index (χ0n) is 12.7. The summed E-state index contributed by atoms with van der Waals surface area (Å²) in [5.41, 5.74) is 2.50. The Balaban J connectivity index is 1.70. The SMILES string of the molecule is O=C(CN1CCNCc2ccccc21)N1CCCCCC1. The van der Waals surface area contributed by atoms with Crippen LogP contribution in [0.15, 0.2) is 24.3 Å². The molecule has 1 saturated heterocycles. The number of hydrogen-bond donors (Lipinski definition) is 1. The second kappa shape index (κ2) is 6.94. The van der Waals surface area contributed by atoms with Gasteiger partial charge in [-0.25, -0.2) is 0 Å². The lowest BCUT2D eigenvalue weighted by molar-refractivity contribution is -0.129. The van der Waals surface area contributed by atoms with Crippen LogP contribution < -0.4 is 10.2 Å². The summed E-state index contributed by atoms with van der Waals surface area (Å²) < 4.78 is 0. The summed E-state index contributed by atoms with van der Waals surface area (Å²) in [5.74, 6) is 0.286. The fourth-order valence-corrected chi connectivity index (χ4v) is 3.27. The Morgan fingerprint density at radius 2 is 1.81 bits per heavy atom. The number of nitrogens with one attached hydrogen (secondary N) is 1. The van der Waals surface area contributed by atoms with E-state index < -0.39 is 0 Å². The smallest absolute Gasteiger partial charge is 0.242 e. The van der Waals surface area contributed by atoms with Crippen LogP contribution in [0.3, 0.4) is 0 Å². The van der Waals surface area contributed by atoms with Gasteiger partial charge in [0.1, 0.15) is 0 Å². The van der Waals surface area contributed by atoms with Crippen LogP contribution >= 0.6 is 0 Å². The number of anilines is 1. The van der Waals surface area contributed by atoms with Gasteiger partial charge in [0.2, 0.25) is 5.91 Å². The second-order valence-electron chi connectivity index (χ2n) is 6.02. The molecule has 3 rings (SSSR count). The van der Waals surface area contributed by atoms with Gasteiger partial charge < -0.3 is 15.1 Å². The normalized spacial score (nSPS) is 19.6. The summed E-state index contributed by atoms with van der Waals surface area (Å²) in [6.45, 7) is 5.11. The Labute approximate surface area is 127 Å². The van der Waals surface area contributed by atoms with Crippen LogP contribution in [0.1, 0.15) is 31.2 Å². The topological polar surface area (TPSA) is 35.6 Å². The number of carbonyl (C=O) groups excluding carboxylic acids is 1. The molecule has 2 aliphatic rings. The molecule has 2 aliphatic heterocycles. The fraction of sp³-hybridized carbons (Fsp3) is 0.588. The third-order valence-corrected chi connectivity index (χ3v) is 4.49. The van der Waals surface area contributed by atoms with E-state index in [2.05, 4.69) is 39.4 Å². The molecule has 0 atom stereocenters. The van der Waals surface area contributed by atoms with Gasteiger partial charge in [-0.05, 0) is 24.5 Å². The van der Waals surface area contributed by atoms with Gasteiger partial charge in [0.25, 0.3) is 0 Å². The molecule has 0 aliphatic carbocycles. The zero-order valence-corrected chi connectivity index (χ0v) is 12.7. The van der Waals surface area contributed by atoms with E-state index in [4.69, 9.17) is 0 Å². The summed E-state index contributed by atoms with van der Waals surface area (Å²) in [5, 5.41) is 3.43. The number of benzene rings is 1. The number of likely N-dealkylation sites (tertiary alicyclic amines) is 1. The molecule has 1 amide bonds. The molecule has 0 unspecified atom stereocenters. The van der Waals surface area contributed by atoms with E-state index in [9.17, 15) is 4.79 Å². The van der Waals surface area contributed by atoms with Gasteiger partial charge in [-0.15, -0.1) is 0 Å². The van der Waals surface area contributed by atoms with Crippen molar-refractivity contribution in [3.63, 3.8) is 0 Å². The largest absolute Gasteiger partial charge is 0.361 e. The third-order valence-electron chi connectivity index (χ3n) is 4.49. The molecule has 1 fully saturated rings. The molecule has 4 heteroatoms. The first-order chi connectivity index (χ1) is 10.3. The lowest BCUT2D eigenvalue weighted by Crippen LogP contribution is -2.42. The maximum Gasteiger partial charge on any atom is 0.242 e. The van der Waals surface area contributed by atoms with Crippen LogP contribution in [0.4, 0.5) is 5.69 Å². The highest BCUT2D eigenvalue weighted by Gasteiger charge is 2.21. The molecular formula is C17H25N3O. The van der Waals surface area contributed by atoms with Gasteiger partial charge in [-0.2, -0.15) is 0 Å². The third kappa shape index (κ3) is 3.56. The molecule has 0 aromatic heterocycles. The number of carbonyl (C=O) groups is 1. The fourth-order valence-electron chi connectivity index (χ4n) is 3.27. The summed E-state index contributed by atoms with van der Waals surface area (Å²) >= 11 is 0. The lowest BCUT2D eigenvalue weighted by Gasteiger charge is -2.28. The van der Waals surface area contributed by atoms with Crippen molar-refractivity contribution in [2.75, 3.05) is 37.6 Å². The van der Waals surface area contributed by atoms with Crippen LogP contribution in [-0.2, 0) is 11.3 Å². The molecule has 0 radical (unpaired) electrons. The minimum absolute atomic E-state index is 0.286. The van der Waals surface area contributed by atoms with Crippen molar-refractivity contribution in [1.29, 1.82) is 0 Å². The average molecular weight is 287 g/mol. The Kier molecular flexibility index (Phi) is 4.76.